The third kappa shape index (κ3) is 4.95. The number of nitrogens with zero attached hydrogens (tertiary/aromatic N) is 1. The highest BCUT2D eigenvalue weighted by molar-refractivity contribution is 6.31. The van der Waals surface area contributed by atoms with Gasteiger partial charge in [-0.25, -0.2) is 0 Å². The maximum Gasteiger partial charge on any atom is 0.311 e. The van der Waals surface area contributed by atoms with Crippen molar-refractivity contribution in [1.82, 2.24) is 4.90 Å². The van der Waals surface area contributed by atoms with Crippen LogP contribution in [0.5, 0.6) is 5.75 Å². The highest BCUT2D eigenvalue weighted by Gasteiger charge is 2.36. The fourth-order valence-corrected chi connectivity index (χ4v) is 3.42. The topological polar surface area (TPSA) is 72.9 Å². The highest BCUT2D eigenvalue weighted by atomic mass is 35.5. The number of methoxy groups -OCH3 is 1. The molecule has 0 spiro atoms. The average Bonchev–Trinajstić information content (AvgIpc) is 3.09. The predicted octanol–water partition coefficient (Wildman–Crippen LogP) is 3.51. The molecule has 0 bridgehead atoms. The third-order valence-electron chi connectivity index (χ3n) is 4.90. The van der Waals surface area contributed by atoms with Gasteiger partial charge in [-0.05, 0) is 42.8 Å². The summed E-state index contributed by atoms with van der Waals surface area (Å²) in [5, 5.41) is 0.574. The minimum atomic E-state index is -0.941. The lowest BCUT2D eigenvalue weighted by molar-refractivity contribution is -0.151. The summed E-state index contributed by atoms with van der Waals surface area (Å²) in [6, 6.07) is 13.9. The molecule has 1 saturated heterocycles. The average molecular weight is 416 g/mol. The molecular formula is C22H22ClNO5. The fraction of sp³-hybridized carbons (Fsp3) is 0.318. The van der Waals surface area contributed by atoms with Crippen LogP contribution in [-0.2, 0) is 20.9 Å². The molecule has 3 rings (SSSR count). The van der Waals surface area contributed by atoms with Crippen molar-refractivity contribution in [2.75, 3.05) is 13.7 Å². The van der Waals surface area contributed by atoms with Crippen molar-refractivity contribution in [3.63, 3.8) is 0 Å². The monoisotopic (exact) mass is 415 g/mol. The molecule has 0 saturated carbocycles. The second-order valence-electron chi connectivity index (χ2n) is 6.94. The summed E-state index contributed by atoms with van der Waals surface area (Å²) in [5.74, 6) is -0.959. The number of carbonyl (C=O) groups excluding carboxylic acids is 3. The molecule has 2 aromatic carbocycles. The van der Waals surface area contributed by atoms with Crippen molar-refractivity contribution in [3.05, 3.63) is 64.7 Å². The van der Waals surface area contributed by atoms with Crippen LogP contribution in [0.15, 0.2) is 48.5 Å². The number of Topliss-reactive ketones (excluding diaryl/α,β-unsaturated/α-hetero) is 1. The van der Waals surface area contributed by atoms with Crippen molar-refractivity contribution in [1.29, 1.82) is 0 Å². The first-order valence-corrected chi connectivity index (χ1v) is 9.66. The van der Waals surface area contributed by atoms with Gasteiger partial charge in [-0.1, -0.05) is 29.8 Å². The summed E-state index contributed by atoms with van der Waals surface area (Å²) in [6.45, 7) is 2.11. The lowest BCUT2D eigenvalue weighted by Crippen LogP contribution is -2.30. The number of ketones is 1. The van der Waals surface area contributed by atoms with Gasteiger partial charge in [-0.15, -0.1) is 0 Å². The van der Waals surface area contributed by atoms with Crippen LogP contribution >= 0.6 is 11.6 Å². The lowest BCUT2D eigenvalue weighted by Gasteiger charge is -2.18. The minimum absolute atomic E-state index is 0.0622. The first-order valence-electron chi connectivity index (χ1n) is 9.29. The van der Waals surface area contributed by atoms with Crippen LogP contribution in [0.2, 0.25) is 5.02 Å². The molecule has 0 aromatic heterocycles. The van der Waals surface area contributed by atoms with E-state index in [0.717, 1.165) is 5.56 Å². The molecular weight excluding hydrogens is 394 g/mol. The van der Waals surface area contributed by atoms with Crippen molar-refractivity contribution < 1.29 is 23.9 Å². The number of esters is 1. The minimum Gasteiger partial charge on any atom is -0.497 e. The number of likely N-dealkylation sites (tertiary alicyclic amines) is 1. The quantitative estimate of drug-likeness (QED) is 0.511. The molecule has 1 aliphatic heterocycles. The van der Waals surface area contributed by atoms with Gasteiger partial charge in [0, 0.05) is 30.1 Å². The number of amides is 1. The summed E-state index contributed by atoms with van der Waals surface area (Å²) in [6.07, 6.45) is -0.879. The molecule has 2 atom stereocenters. The van der Waals surface area contributed by atoms with E-state index in [4.69, 9.17) is 21.1 Å². The Morgan fingerprint density at radius 2 is 1.86 bits per heavy atom. The van der Waals surface area contributed by atoms with Gasteiger partial charge in [-0.2, -0.15) is 0 Å². The zero-order valence-corrected chi connectivity index (χ0v) is 17.0. The van der Waals surface area contributed by atoms with Gasteiger partial charge in [0.05, 0.1) is 13.0 Å². The van der Waals surface area contributed by atoms with Crippen LogP contribution in [0.3, 0.4) is 0 Å². The Balaban J connectivity index is 1.58. The molecule has 29 heavy (non-hydrogen) atoms. The fourth-order valence-electron chi connectivity index (χ4n) is 3.23. The van der Waals surface area contributed by atoms with Crippen LogP contribution in [0, 0.1) is 5.92 Å². The van der Waals surface area contributed by atoms with Crippen molar-refractivity contribution in [3.8, 4) is 5.75 Å². The van der Waals surface area contributed by atoms with E-state index in [0.29, 0.717) is 22.9 Å². The van der Waals surface area contributed by atoms with Crippen LogP contribution in [-0.4, -0.2) is 42.3 Å². The zero-order valence-electron chi connectivity index (χ0n) is 16.3. The van der Waals surface area contributed by atoms with Gasteiger partial charge in [0.15, 0.2) is 6.10 Å². The first-order chi connectivity index (χ1) is 13.9. The van der Waals surface area contributed by atoms with Gasteiger partial charge in [0.2, 0.25) is 11.7 Å². The van der Waals surface area contributed by atoms with Crippen molar-refractivity contribution in [2.45, 2.75) is 26.0 Å². The van der Waals surface area contributed by atoms with E-state index in [1.165, 1.54) is 6.92 Å². The number of halogens is 1. The molecule has 1 fully saturated rings. The van der Waals surface area contributed by atoms with E-state index >= 15 is 0 Å². The number of benzene rings is 2. The maximum absolute atomic E-state index is 12.5. The summed E-state index contributed by atoms with van der Waals surface area (Å²) in [4.78, 5) is 38.9. The van der Waals surface area contributed by atoms with Crippen LogP contribution < -0.4 is 4.74 Å². The molecule has 1 heterocycles. The maximum atomic E-state index is 12.5. The van der Waals surface area contributed by atoms with E-state index in [-0.39, 0.29) is 24.7 Å². The second kappa shape index (κ2) is 9.09. The largest absolute Gasteiger partial charge is 0.497 e. The number of hydrogen-bond acceptors (Lipinski definition) is 5. The van der Waals surface area contributed by atoms with Crippen LogP contribution in [0.4, 0.5) is 0 Å². The Morgan fingerprint density at radius 1 is 1.17 bits per heavy atom. The Labute approximate surface area is 174 Å². The van der Waals surface area contributed by atoms with Gasteiger partial charge in [0.25, 0.3) is 0 Å². The predicted molar refractivity (Wildman–Crippen MR) is 108 cm³/mol. The van der Waals surface area contributed by atoms with E-state index in [2.05, 4.69) is 0 Å². The molecule has 1 amide bonds. The van der Waals surface area contributed by atoms with Crippen molar-refractivity contribution >= 4 is 29.3 Å². The molecule has 6 nitrogen and oxygen atoms in total. The second-order valence-corrected chi connectivity index (χ2v) is 7.35. The smallest absolute Gasteiger partial charge is 0.311 e. The van der Waals surface area contributed by atoms with Crippen LogP contribution in [0.25, 0.3) is 0 Å². The van der Waals surface area contributed by atoms with Gasteiger partial charge in [-0.3, -0.25) is 14.4 Å². The molecule has 0 unspecified atom stereocenters. The van der Waals surface area contributed by atoms with E-state index in [1.807, 2.05) is 18.2 Å². The lowest BCUT2D eigenvalue weighted by atomic mass is 10.1. The van der Waals surface area contributed by atoms with Gasteiger partial charge in [0.1, 0.15) is 5.75 Å². The summed E-state index contributed by atoms with van der Waals surface area (Å²) in [7, 11) is 1.54. The molecule has 0 aliphatic carbocycles. The van der Waals surface area contributed by atoms with E-state index < -0.39 is 18.0 Å². The Kier molecular flexibility index (Phi) is 6.54. The molecule has 152 valence electrons. The summed E-state index contributed by atoms with van der Waals surface area (Å²) >= 11 is 6.16. The van der Waals surface area contributed by atoms with Gasteiger partial charge < -0.3 is 14.4 Å². The normalized spacial score (nSPS) is 17.1. The van der Waals surface area contributed by atoms with Crippen molar-refractivity contribution in [2.24, 2.45) is 5.92 Å². The summed E-state index contributed by atoms with van der Waals surface area (Å²) in [5.41, 5.74) is 1.24. The Morgan fingerprint density at radius 3 is 2.52 bits per heavy atom. The standard InChI is InChI=1S/C22H22ClNO5/c1-14(21(26)15-7-9-18(28-2)10-8-15)29-22(27)17-11-20(25)24(13-17)12-16-5-3-4-6-19(16)23/h3-10,14,17H,11-13H2,1-2H3/t14-,17+/m0/s1. The number of rotatable bonds is 7. The van der Waals surface area contributed by atoms with E-state index in [1.54, 1.807) is 42.3 Å². The number of hydrogen-bond donors (Lipinski definition) is 0. The first kappa shape index (κ1) is 20.9. The molecule has 0 radical (unpaired) electrons. The Bertz CT molecular complexity index is 912. The molecule has 0 N–H and O–H groups in total. The number of ether oxygens (including phenoxy) is 2. The van der Waals surface area contributed by atoms with Crippen LogP contribution in [0.1, 0.15) is 29.3 Å². The highest BCUT2D eigenvalue weighted by Crippen LogP contribution is 2.25. The van der Waals surface area contributed by atoms with Gasteiger partial charge >= 0.3 is 5.97 Å². The third-order valence-corrected chi connectivity index (χ3v) is 5.27. The molecule has 1 aliphatic rings. The summed E-state index contributed by atoms with van der Waals surface area (Å²) < 4.78 is 10.4. The zero-order chi connectivity index (χ0) is 21.0. The SMILES string of the molecule is COc1ccc(C(=O)[C@H](C)OC(=O)[C@@H]2CC(=O)N(Cc3ccccc3Cl)C2)cc1. The van der Waals surface area contributed by atoms with E-state index in [9.17, 15) is 14.4 Å². The molecule has 2 aromatic rings. The Hall–Kier alpha value is -2.86. The number of carbonyl (C=O) groups is 3. The molecule has 7 heteroatoms.